The normalized spacial score (nSPS) is 14.7. The summed E-state index contributed by atoms with van der Waals surface area (Å²) in [5.74, 6) is 3.93. The van der Waals surface area contributed by atoms with E-state index >= 15 is 0 Å². The Bertz CT molecular complexity index is 1560. The van der Waals surface area contributed by atoms with E-state index in [1.807, 2.05) is 51.1 Å². The Labute approximate surface area is 231 Å². The van der Waals surface area contributed by atoms with Gasteiger partial charge in [-0.05, 0) is 51.2 Å². The number of fused-ring (bicyclic) bond motifs is 1. The largest absolute Gasteiger partial charge is 0.444 e. The van der Waals surface area contributed by atoms with Crippen LogP contribution in [0.2, 0.25) is 19.6 Å². The molecule has 7 heteroatoms. The van der Waals surface area contributed by atoms with Crippen LogP contribution in [-0.4, -0.2) is 29.7 Å². The molecule has 0 unspecified atom stereocenters. The Hall–Kier alpha value is -3.89. The number of hydrogen-bond acceptors (Lipinski definition) is 5. The highest BCUT2D eigenvalue weighted by Gasteiger charge is 2.41. The van der Waals surface area contributed by atoms with Crippen LogP contribution in [0.1, 0.15) is 51.3 Å². The smallest absolute Gasteiger partial charge is 0.408 e. The number of carbonyl (C=O) groups excluding carboxylic acids is 1. The molecule has 0 bridgehead atoms. The van der Waals surface area contributed by atoms with Crippen molar-refractivity contribution >= 4 is 25.4 Å². The number of aromatic nitrogens is 2. The number of rotatable bonds is 4. The van der Waals surface area contributed by atoms with Gasteiger partial charge in [-0.1, -0.05) is 80.2 Å². The Morgan fingerprint density at radius 3 is 2.31 bits per heavy atom. The minimum absolute atomic E-state index is 0.389. The first-order valence-corrected chi connectivity index (χ1v) is 16.9. The van der Waals surface area contributed by atoms with Crippen LogP contribution in [0.15, 0.2) is 65.2 Å². The molecule has 39 heavy (non-hydrogen) atoms. The van der Waals surface area contributed by atoms with Crippen LogP contribution in [0, 0.1) is 11.5 Å². The second-order valence-corrected chi connectivity index (χ2v) is 17.0. The number of ether oxygens (including phenoxy) is 1. The molecule has 0 radical (unpaired) electrons. The Morgan fingerprint density at radius 1 is 1.03 bits per heavy atom. The van der Waals surface area contributed by atoms with Crippen LogP contribution in [0.3, 0.4) is 0 Å². The van der Waals surface area contributed by atoms with Crippen LogP contribution < -0.4 is 5.32 Å². The van der Waals surface area contributed by atoms with Crippen molar-refractivity contribution in [3.63, 3.8) is 0 Å². The first-order chi connectivity index (χ1) is 18.4. The van der Waals surface area contributed by atoms with Gasteiger partial charge in [-0.3, -0.25) is 0 Å². The first-order valence-electron chi connectivity index (χ1n) is 13.4. The number of alkyl carbamates (subject to hydrolysis) is 1. The van der Waals surface area contributed by atoms with Crippen molar-refractivity contribution < 1.29 is 13.9 Å². The first kappa shape index (κ1) is 26.7. The number of carbonyl (C=O) groups is 1. The van der Waals surface area contributed by atoms with Crippen molar-refractivity contribution in [2.75, 3.05) is 0 Å². The van der Waals surface area contributed by atoms with E-state index in [1.165, 1.54) is 0 Å². The lowest BCUT2D eigenvalue weighted by molar-refractivity contribution is 0.0377. The number of benzene rings is 2. The molecule has 1 N–H and O–H groups in total. The molecule has 1 aliphatic rings. The maximum atomic E-state index is 12.6. The van der Waals surface area contributed by atoms with Crippen LogP contribution >= 0.6 is 0 Å². The molecule has 0 spiro atoms. The van der Waals surface area contributed by atoms with Gasteiger partial charge in [-0.25, -0.2) is 14.8 Å². The molecular weight excluding hydrogens is 502 g/mol. The zero-order chi connectivity index (χ0) is 27.8. The van der Waals surface area contributed by atoms with Gasteiger partial charge >= 0.3 is 6.09 Å². The highest BCUT2D eigenvalue weighted by molar-refractivity contribution is 6.83. The fourth-order valence-electron chi connectivity index (χ4n) is 4.71. The third-order valence-corrected chi connectivity index (χ3v) is 7.55. The van der Waals surface area contributed by atoms with Crippen LogP contribution in [0.5, 0.6) is 0 Å². The second kappa shape index (κ2) is 10.0. The van der Waals surface area contributed by atoms with Gasteiger partial charge in [0.1, 0.15) is 30.6 Å². The summed E-state index contributed by atoms with van der Waals surface area (Å²) in [6.07, 6.45) is 4.10. The standard InChI is InChI=1S/C32H35N3O3Si/c1-31(2,3)38-30(36)35-32(18-10-19-32)24-15-13-23(14-16-24)28-26(22-11-8-7-9-12-22)27-29(37-28)33-21-25(34-27)17-20-39(4,5)6/h7-9,11-16,21H,10,18-19H2,1-6H3,(H,35,36). The highest BCUT2D eigenvalue weighted by atomic mass is 28.3. The molecule has 1 saturated carbocycles. The average Bonchev–Trinajstić information content (AvgIpc) is 3.23. The summed E-state index contributed by atoms with van der Waals surface area (Å²) < 4.78 is 11.9. The Kier molecular flexibility index (Phi) is 6.85. The van der Waals surface area contributed by atoms with Gasteiger partial charge in [-0.15, -0.1) is 5.54 Å². The summed E-state index contributed by atoms with van der Waals surface area (Å²) in [5.41, 5.74) is 8.11. The van der Waals surface area contributed by atoms with Crippen molar-refractivity contribution in [3.05, 3.63) is 72.1 Å². The molecule has 2 aromatic heterocycles. The molecule has 1 amide bonds. The van der Waals surface area contributed by atoms with Crippen LogP contribution in [-0.2, 0) is 10.3 Å². The fraction of sp³-hybridized carbons (Fsp3) is 0.344. The Morgan fingerprint density at radius 2 is 1.72 bits per heavy atom. The van der Waals surface area contributed by atoms with E-state index in [1.54, 1.807) is 6.20 Å². The summed E-state index contributed by atoms with van der Waals surface area (Å²) in [6.45, 7) is 12.2. The molecule has 1 fully saturated rings. The molecular formula is C32H35N3O3Si. The molecule has 0 saturated heterocycles. The van der Waals surface area contributed by atoms with Crippen LogP contribution in [0.4, 0.5) is 4.79 Å². The minimum atomic E-state index is -1.56. The maximum absolute atomic E-state index is 12.6. The Balaban J connectivity index is 1.54. The van der Waals surface area contributed by atoms with Gasteiger partial charge in [0, 0.05) is 5.56 Å². The number of furan rings is 1. The predicted octanol–water partition coefficient (Wildman–Crippen LogP) is 7.69. The van der Waals surface area contributed by atoms with Crippen molar-refractivity contribution in [2.45, 2.75) is 70.8 Å². The van der Waals surface area contributed by atoms with E-state index in [-0.39, 0.29) is 6.09 Å². The van der Waals surface area contributed by atoms with E-state index in [4.69, 9.17) is 14.1 Å². The zero-order valence-corrected chi connectivity index (χ0v) is 24.5. The van der Waals surface area contributed by atoms with Gasteiger partial charge in [0.15, 0.2) is 0 Å². The summed E-state index contributed by atoms with van der Waals surface area (Å²) in [5, 5.41) is 3.13. The van der Waals surface area contributed by atoms with Gasteiger partial charge in [0.25, 0.3) is 0 Å². The van der Waals surface area contributed by atoms with E-state index in [2.05, 4.69) is 65.7 Å². The molecule has 5 rings (SSSR count). The number of amides is 1. The molecule has 0 aliphatic heterocycles. The minimum Gasteiger partial charge on any atom is -0.444 e. The number of nitrogens with one attached hydrogen (secondary N) is 1. The molecule has 2 heterocycles. The van der Waals surface area contributed by atoms with Crippen molar-refractivity contribution in [2.24, 2.45) is 0 Å². The quantitative estimate of drug-likeness (QED) is 0.213. The van der Waals surface area contributed by atoms with Crippen molar-refractivity contribution in [3.8, 4) is 33.9 Å². The van der Waals surface area contributed by atoms with Crippen LogP contribution in [0.25, 0.3) is 33.7 Å². The number of hydrogen-bond donors (Lipinski definition) is 1. The number of nitrogens with zero attached hydrogens (tertiary/aromatic N) is 2. The maximum Gasteiger partial charge on any atom is 0.408 e. The van der Waals surface area contributed by atoms with Crippen molar-refractivity contribution in [1.29, 1.82) is 0 Å². The summed E-state index contributed by atoms with van der Waals surface area (Å²) >= 11 is 0. The van der Waals surface area contributed by atoms with Crippen molar-refractivity contribution in [1.82, 2.24) is 15.3 Å². The lowest BCUT2D eigenvalue weighted by Crippen LogP contribution is -2.52. The predicted molar refractivity (Wildman–Crippen MR) is 158 cm³/mol. The average molecular weight is 538 g/mol. The fourth-order valence-corrected chi connectivity index (χ4v) is 5.22. The highest BCUT2D eigenvalue weighted by Crippen LogP contribution is 2.44. The van der Waals surface area contributed by atoms with E-state index in [0.29, 0.717) is 22.7 Å². The van der Waals surface area contributed by atoms with Gasteiger partial charge in [0.2, 0.25) is 5.71 Å². The summed E-state index contributed by atoms with van der Waals surface area (Å²) in [6, 6.07) is 18.3. The second-order valence-electron chi connectivity index (χ2n) is 12.2. The molecule has 1 aliphatic carbocycles. The van der Waals surface area contributed by atoms with Gasteiger partial charge in [-0.2, -0.15) is 0 Å². The lowest BCUT2D eigenvalue weighted by atomic mass is 9.71. The molecule has 2 aromatic carbocycles. The molecule has 0 atom stereocenters. The van der Waals surface area contributed by atoms with E-state index in [0.717, 1.165) is 41.5 Å². The topological polar surface area (TPSA) is 77.2 Å². The SMILES string of the molecule is CC(C)(C)OC(=O)NC1(c2ccc(-c3oc4ncc(C#C[Si](C)(C)C)nc4c3-c3ccccc3)cc2)CCC1. The lowest BCUT2D eigenvalue weighted by Gasteiger charge is -2.43. The van der Waals surface area contributed by atoms with E-state index in [9.17, 15) is 4.79 Å². The molecule has 200 valence electrons. The monoisotopic (exact) mass is 537 g/mol. The molecule has 4 aromatic rings. The van der Waals surface area contributed by atoms with E-state index < -0.39 is 19.2 Å². The van der Waals surface area contributed by atoms with Gasteiger partial charge in [0.05, 0.1) is 17.3 Å². The zero-order valence-electron chi connectivity index (χ0n) is 23.5. The van der Waals surface area contributed by atoms with Gasteiger partial charge < -0.3 is 14.5 Å². The third-order valence-electron chi connectivity index (χ3n) is 6.68. The molecule has 6 nitrogen and oxygen atoms in total. The summed E-state index contributed by atoms with van der Waals surface area (Å²) in [7, 11) is -1.56. The summed E-state index contributed by atoms with van der Waals surface area (Å²) in [4.78, 5) is 22.0. The third kappa shape index (κ3) is 5.91.